The van der Waals surface area contributed by atoms with Crippen molar-refractivity contribution in [3.63, 3.8) is 0 Å². The summed E-state index contributed by atoms with van der Waals surface area (Å²) in [4.78, 5) is 0. The third-order valence-corrected chi connectivity index (χ3v) is 4.06. The van der Waals surface area contributed by atoms with Crippen LogP contribution in [0.3, 0.4) is 0 Å². The van der Waals surface area contributed by atoms with Gasteiger partial charge in [0.05, 0.1) is 0 Å². The molecule has 16 heavy (non-hydrogen) atoms. The van der Waals surface area contributed by atoms with Gasteiger partial charge in [-0.15, -0.1) is 0 Å². The van der Waals surface area contributed by atoms with Crippen LogP contribution in [0.15, 0.2) is 0 Å². The lowest BCUT2D eigenvalue weighted by atomic mass is 9.70. The summed E-state index contributed by atoms with van der Waals surface area (Å²) in [6.45, 7) is 9.26. The van der Waals surface area contributed by atoms with Crippen LogP contribution >= 0.6 is 0 Å². The first-order valence-electron chi connectivity index (χ1n) is 6.96. The van der Waals surface area contributed by atoms with Crippen LogP contribution in [-0.4, -0.2) is 6.04 Å². The molecule has 0 aromatic rings. The average Bonchev–Trinajstić information content (AvgIpc) is 2.62. The molecule has 1 rings (SSSR count). The van der Waals surface area contributed by atoms with Gasteiger partial charge in [0, 0.05) is 6.04 Å². The highest BCUT2D eigenvalue weighted by molar-refractivity contribution is 4.94. The van der Waals surface area contributed by atoms with Crippen molar-refractivity contribution in [1.29, 1.82) is 0 Å². The minimum absolute atomic E-state index is 0.479. The summed E-state index contributed by atoms with van der Waals surface area (Å²) in [7, 11) is 0. The quantitative estimate of drug-likeness (QED) is 0.537. The second-order valence-electron chi connectivity index (χ2n) is 6.52. The zero-order valence-electron chi connectivity index (χ0n) is 11.6. The summed E-state index contributed by atoms with van der Waals surface area (Å²) in [5.74, 6) is 7.32. The summed E-state index contributed by atoms with van der Waals surface area (Å²) >= 11 is 0. The maximum Gasteiger partial charge on any atom is 0.0269 e. The van der Waals surface area contributed by atoms with E-state index in [1.54, 1.807) is 0 Å². The van der Waals surface area contributed by atoms with Crippen molar-refractivity contribution in [3.8, 4) is 0 Å². The molecule has 3 N–H and O–H groups in total. The van der Waals surface area contributed by atoms with Crippen LogP contribution in [0.4, 0.5) is 0 Å². The number of hydrogen-bond donors (Lipinski definition) is 2. The fraction of sp³-hybridized carbons (Fsp3) is 1.00. The van der Waals surface area contributed by atoms with Gasteiger partial charge in [0.1, 0.15) is 0 Å². The molecule has 0 spiro atoms. The minimum Gasteiger partial charge on any atom is -0.271 e. The Kier molecular flexibility index (Phi) is 5.26. The Morgan fingerprint density at radius 2 is 1.62 bits per heavy atom. The summed E-state index contributed by atoms with van der Waals surface area (Å²) in [6.07, 6.45) is 8.06. The van der Waals surface area contributed by atoms with E-state index in [9.17, 15) is 0 Å². The van der Waals surface area contributed by atoms with E-state index in [1.165, 1.54) is 38.5 Å². The van der Waals surface area contributed by atoms with E-state index in [1.807, 2.05) is 0 Å². The van der Waals surface area contributed by atoms with Gasteiger partial charge in [-0.05, 0) is 42.9 Å². The molecule has 96 valence electrons. The van der Waals surface area contributed by atoms with E-state index < -0.39 is 0 Å². The molecule has 0 aliphatic heterocycles. The zero-order valence-corrected chi connectivity index (χ0v) is 11.6. The van der Waals surface area contributed by atoms with Gasteiger partial charge in [-0.2, -0.15) is 0 Å². The largest absolute Gasteiger partial charge is 0.271 e. The molecule has 0 radical (unpaired) electrons. The molecule has 1 saturated carbocycles. The van der Waals surface area contributed by atoms with Crippen molar-refractivity contribution in [2.75, 3.05) is 0 Å². The molecule has 1 fully saturated rings. The SMILES string of the molecule is CC(C)CC(NN)C1(CC(C)C)CCCC1. The molecule has 1 unspecified atom stereocenters. The Balaban J connectivity index is 2.72. The van der Waals surface area contributed by atoms with Crippen molar-refractivity contribution in [3.05, 3.63) is 0 Å². The molecule has 0 saturated heterocycles. The lowest BCUT2D eigenvalue weighted by Crippen LogP contribution is -2.48. The lowest BCUT2D eigenvalue weighted by Gasteiger charge is -2.39. The molecule has 1 aliphatic rings. The van der Waals surface area contributed by atoms with E-state index in [-0.39, 0.29) is 0 Å². The van der Waals surface area contributed by atoms with Crippen molar-refractivity contribution >= 4 is 0 Å². The van der Waals surface area contributed by atoms with Gasteiger partial charge in [0.25, 0.3) is 0 Å². The van der Waals surface area contributed by atoms with Crippen LogP contribution in [0.5, 0.6) is 0 Å². The fourth-order valence-corrected chi connectivity index (χ4v) is 3.55. The van der Waals surface area contributed by atoms with Gasteiger partial charge in [-0.25, -0.2) is 0 Å². The minimum atomic E-state index is 0.479. The smallest absolute Gasteiger partial charge is 0.0269 e. The predicted octanol–water partition coefficient (Wildman–Crippen LogP) is 3.47. The molecule has 0 heterocycles. The van der Waals surface area contributed by atoms with Gasteiger partial charge >= 0.3 is 0 Å². The average molecular weight is 226 g/mol. The van der Waals surface area contributed by atoms with Gasteiger partial charge < -0.3 is 0 Å². The standard InChI is InChI=1S/C14H30N2/c1-11(2)9-13(16-15)14(10-12(3)4)7-5-6-8-14/h11-13,16H,5-10,15H2,1-4H3. The first-order chi connectivity index (χ1) is 7.50. The number of nitrogens with one attached hydrogen (secondary N) is 1. The van der Waals surface area contributed by atoms with Gasteiger partial charge in [0.15, 0.2) is 0 Å². The van der Waals surface area contributed by atoms with Gasteiger partial charge in [0.2, 0.25) is 0 Å². The molecule has 0 bridgehead atoms. The monoisotopic (exact) mass is 226 g/mol. The van der Waals surface area contributed by atoms with Crippen molar-refractivity contribution in [2.45, 2.75) is 72.3 Å². The topological polar surface area (TPSA) is 38.0 Å². The second kappa shape index (κ2) is 6.02. The van der Waals surface area contributed by atoms with Crippen LogP contribution in [0.1, 0.15) is 66.2 Å². The van der Waals surface area contributed by atoms with E-state index in [4.69, 9.17) is 5.84 Å². The summed E-state index contributed by atoms with van der Waals surface area (Å²) < 4.78 is 0. The molecule has 1 aliphatic carbocycles. The van der Waals surface area contributed by atoms with E-state index >= 15 is 0 Å². The summed E-state index contributed by atoms with van der Waals surface area (Å²) in [5.41, 5.74) is 3.60. The molecular formula is C14H30N2. The highest BCUT2D eigenvalue weighted by atomic mass is 15.2. The second-order valence-corrected chi connectivity index (χ2v) is 6.52. The Morgan fingerprint density at radius 3 is 2.00 bits per heavy atom. The molecule has 0 amide bonds. The normalized spacial score (nSPS) is 21.9. The Morgan fingerprint density at radius 1 is 1.06 bits per heavy atom. The molecule has 0 aromatic heterocycles. The van der Waals surface area contributed by atoms with Crippen LogP contribution in [-0.2, 0) is 0 Å². The Labute approximate surface area is 101 Å². The Bertz CT molecular complexity index is 193. The first-order valence-corrected chi connectivity index (χ1v) is 6.96. The molecule has 2 nitrogen and oxygen atoms in total. The number of hydrogen-bond acceptors (Lipinski definition) is 2. The first kappa shape index (κ1) is 14.0. The van der Waals surface area contributed by atoms with Crippen LogP contribution in [0.25, 0.3) is 0 Å². The zero-order chi connectivity index (χ0) is 12.2. The number of rotatable bonds is 6. The summed E-state index contributed by atoms with van der Waals surface area (Å²) in [5, 5.41) is 0. The van der Waals surface area contributed by atoms with Gasteiger partial charge in [-0.1, -0.05) is 40.5 Å². The summed E-state index contributed by atoms with van der Waals surface area (Å²) in [6, 6.07) is 0.511. The lowest BCUT2D eigenvalue weighted by molar-refractivity contribution is 0.137. The third kappa shape index (κ3) is 3.46. The van der Waals surface area contributed by atoms with E-state index in [0.29, 0.717) is 11.5 Å². The fourth-order valence-electron chi connectivity index (χ4n) is 3.55. The maximum absolute atomic E-state index is 5.81. The number of hydrazine groups is 1. The van der Waals surface area contributed by atoms with E-state index in [0.717, 1.165) is 11.8 Å². The molecular weight excluding hydrogens is 196 g/mol. The highest BCUT2D eigenvalue weighted by Gasteiger charge is 2.41. The predicted molar refractivity (Wildman–Crippen MR) is 70.9 cm³/mol. The maximum atomic E-state index is 5.81. The third-order valence-electron chi connectivity index (χ3n) is 4.06. The van der Waals surface area contributed by atoms with Crippen LogP contribution < -0.4 is 11.3 Å². The Hall–Kier alpha value is -0.0800. The van der Waals surface area contributed by atoms with E-state index in [2.05, 4.69) is 33.1 Å². The number of nitrogens with two attached hydrogens (primary N) is 1. The molecule has 0 aromatic carbocycles. The van der Waals surface area contributed by atoms with Crippen molar-refractivity contribution < 1.29 is 0 Å². The van der Waals surface area contributed by atoms with Gasteiger partial charge in [-0.3, -0.25) is 11.3 Å². The highest BCUT2D eigenvalue weighted by Crippen LogP contribution is 2.47. The molecule has 1 atom stereocenters. The van der Waals surface area contributed by atoms with Crippen molar-refractivity contribution in [1.82, 2.24) is 5.43 Å². The van der Waals surface area contributed by atoms with Crippen LogP contribution in [0, 0.1) is 17.3 Å². The van der Waals surface area contributed by atoms with Crippen molar-refractivity contribution in [2.24, 2.45) is 23.1 Å². The molecule has 2 heteroatoms. The van der Waals surface area contributed by atoms with Crippen LogP contribution in [0.2, 0.25) is 0 Å².